The molecule has 2 aliphatic carbocycles. The highest BCUT2D eigenvalue weighted by molar-refractivity contribution is 6.32. The van der Waals surface area contributed by atoms with Gasteiger partial charge < -0.3 is 44.3 Å². The Balaban J connectivity index is 1.28. The van der Waals surface area contributed by atoms with Gasteiger partial charge >= 0.3 is 12.1 Å². The monoisotopic (exact) mass is 706 g/mol. The van der Waals surface area contributed by atoms with Gasteiger partial charge in [0.2, 0.25) is 0 Å². The number of carbonyl (C=O) groups excluding carboxylic acids is 4. The zero-order valence-electron chi connectivity index (χ0n) is 26.9. The van der Waals surface area contributed by atoms with Crippen LogP contribution in [0.5, 0.6) is 11.5 Å². The zero-order valence-corrected chi connectivity index (χ0v) is 26.9. The third kappa shape index (κ3) is 5.30. The van der Waals surface area contributed by atoms with Crippen LogP contribution in [-0.4, -0.2) is 113 Å². The van der Waals surface area contributed by atoms with Crippen LogP contribution >= 0.6 is 0 Å². The fraction of sp³-hybridized carbons (Fsp3) is 0.515. The van der Waals surface area contributed by atoms with Crippen LogP contribution in [-0.2, 0) is 39.7 Å². The van der Waals surface area contributed by atoms with E-state index in [2.05, 4.69) is 4.90 Å². The van der Waals surface area contributed by atoms with Gasteiger partial charge in [-0.25, -0.2) is 0 Å². The van der Waals surface area contributed by atoms with Gasteiger partial charge in [0.15, 0.2) is 36.2 Å². The first kappa shape index (κ1) is 34.5. The Morgan fingerprint density at radius 1 is 1.08 bits per heavy atom. The average molecular weight is 707 g/mol. The predicted octanol–water partition coefficient (Wildman–Crippen LogP) is 2.23. The number of rotatable bonds is 5. The summed E-state index contributed by atoms with van der Waals surface area (Å²) in [7, 11) is 1.50. The molecular weight excluding hydrogens is 673 g/mol. The molecule has 5 aliphatic rings. The molecule has 14 nitrogen and oxygen atoms in total. The van der Waals surface area contributed by atoms with Crippen molar-refractivity contribution in [2.24, 2.45) is 0 Å². The topological polar surface area (TPSA) is 190 Å². The summed E-state index contributed by atoms with van der Waals surface area (Å²) in [5.74, 6) is -6.97. The summed E-state index contributed by atoms with van der Waals surface area (Å²) in [5, 5.41) is 36.4. The van der Waals surface area contributed by atoms with Crippen LogP contribution < -0.4 is 5.32 Å². The van der Waals surface area contributed by atoms with Crippen molar-refractivity contribution >= 4 is 28.9 Å². The van der Waals surface area contributed by atoms with Gasteiger partial charge in [0, 0.05) is 55.6 Å². The number of anilines is 1. The summed E-state index contributed by atoms with van der Waals surface area (Å²) in [5.41, 5.74) is -5.71. The lowest BCUT2D eigenvalue weighted by Gasteiger charge is -2.43. The van der Waals surface area contributed by atoms with Crippen molar-refractivity contribution in [1.82, 2.24) is 4.90 Å². The summed E-state index contributed by atoms with van der Waals surface area (Å²) >= 11 is 0. The van der Waals surface area contributed by atoms with Gasteiger partial charge in [-0.3, -0.25) is 24.1 Å². The molecule has 3 heterocycles. The van der Waals surface area contributed by atoms with Crippen LogP contribution in [0.3, 0.4) is 0 Å². The van der Waals surface area contributed by atoms with E-state index in [0.717, 1.165) is 25.1 Å². The van der Waals surface area contributed by atoms with Crippen molar-refractivity contribution in [3.63, 3.8) is 0 Å². The van der Waals surface area contributed by atoms with Gasteiger partial charge in [0.1, 0.15) is 23.2 Å². The molecule has 3 fully saturated rings. The number of ether oxygens (including phenoxy) is 5. The number of aliphatic hydroxyl groups is 1. The van der Waals surface area contributed by atoms with Crippen LogP contribution in [0.2, 0.25) is 0 Å². The summed E-state index contributed by atoms with van der Waals surface area (Å²) < 4.78 is 69.2. The molecule has 4 N–H and O–H groups in total. The molecule has 1 amide bonds. The molecule has 0 radical (unpaired) electrons. The molecule has 0 saturated carbocycles. The van der Waals surface area contributed by atoms with Gasteiger partial charge in [0.05, 0.1) is 41.2 Å². The standard InChI is InChI=1S/C33H33F3N2O12/c1-12-28-17(38-7-8-47-30(46-3)29(38)50-28)9-19(48-12)49-18-11-32(45,13(2)39)10-15-21(18)27(43)23-22(25(15)41)24(40)14-5-4-6-16(20(14)26(23)42)37-31(44)33(34,35)36/h4-6,12,17-19,28-30,41,43,45H,7-11H2,1-3H3,(H,37,44)/t12-,17-,18-,19-,28+,29+,30-,32-/m0/s1. The van der Waals surface area contributed by atoms with Gasteiger partial charge in [0.25, 0.3) is 0 Å². The summed E-state index contributed by atoms with van der Waals surface area (Å²) in [4.78, 5) is 54.4. The first-order valence-electron chi connectivity index (χ1n) is 15.9. The van der Waals surface area contributed by atoms with Crippen molar-refractivity contribution in [2.75, 3.05) is 25.6 Å². The maximum atomic E-state index is 14.0. The van der Waals surface area contributed by atoms with E-state index in [1.807, 2.05) is 0 Å². The number of halogens is 3. The number of Topliss-reactive ketones (excluding diaryl/α,β-unsaturated/α-hetero) is 1. The largest absolute Gasteiger partial charge is 0.507 e. The number of amides is 1. The van der Waals surface area contributed by atoms with E-state index in [9.17, 15) is 47.7 Å². The highest BCUT2D eigenvalue weighted by Gasteiger charge is 2.55. The molecule has 2 aromatic rings. The van der Waals surface area contributed by atoms with Crippen molar-refractivity contribution in [3.05, 3.63) is 51.6 Å². The van der Waals surface area contributed by atoms with E-state index in [0.29, 0.717) is 13.2 Å². The second-order valence-corrected chi connectivity index (χ2v) is 13.0. The SMILES string of the molecule is CO[C@H]1OCCN2[C@@H]1O[C@@H]1[C@H](C)O[C@@H](O[C@H]3C[C@](O)(C(C)=O)Cc4c(O)c5c(c(O)c43)C(=O)c3c(NC(=O)C(F)(F)F)cccc3C5=O)C[C@@H]12. The molecule has 2 aromatic carbocycles. The van der Waals surface area contributed by atoms with Gasteiger partial charge in [-0.15, -0.1) is 0 Å². The third-order valence-electron chi connectivity index (χ3n) is 10.2. The molecule has 0 bridgehead atoms. The van der Waals surface area contributed by atoms with Crippen molar-refractivity contribution in [3.8, 4) is 11.5 Å². The lowest BCUT2D eigenvalue weighted by Crippen LogP contribution is -2.55. The number of nitrogens with one attached hydrogen (secondary N) is 1. The molecule has 7 rings (SSSR count). The Labute approximate surface area is 282 Å². The Morgan fingerprint density at radius 3 is 2.48 bits per heavy atom. The van der Waals surface area contributed by atoms with E-state index in [1.54, 1.807) is 12.2 Å². The average Bonchev–Trinajstić information content (AvgIpc) is 3.44. The lowest BCUT2D eigenvalue weighted by atomic mass is 9.72. The number of phenolic OH excluding ortho intramolecular Hbond substituents is 2. The Morgan fingerprint density at radius 2 is 1.80 bits per heavy atom. The van der Waals surface area contributed by atoms with E-state index in [1.165, 1.54) is 7.11 Å². The van der Waals surface area contributed by atoms with Crippen molar-refractivity contribution < 1.29 is 71.4 Å². The van der Waals surface area contributed by atoms with Gasteiger partial charge in [-0.1, -0.05) is 12.1 Å². The maximum Gasteiger partial charge on any atom is 0.471 e. The van der Waals surface area contributed by atoms with Crippen LogP contribution in [0.4, 0.5) is 18.9 Å². The van der Waals surface area contributed by atoms with Gasteiger partial charge in [-0.2, -0.15) is 13.2 Å². The Hall–Kier alpha value is -3.97. The molecule has 0 aromatic heterocycles. The van der Waals surface area contributed by atoms with E-state index >= 15 is 0 Å². The molecule has 3 aliphatic heterocycles. The van der Waals surface area contributed by atoms with Crippen molar-refractivity contribution in [1.29, 1.82) is 0 Å². The maximum absolute atomic E-state index is 14.0. The fourth-order valence-electron chi connectivity index (χ4n) is 7.76. The molecule has 50 heavy (non-hydrogen) atoms. The number of benzene rings is 2. The first-order chi connectivity index (χ1) is 23.6. The quantitative estimate of drug-likeness (QED) is 0.283. The fourth-order valence-corrected chi connectivity index (χ4v) is 7.76. The number of morpholine rings is 1. The molecule has 0 unspecified atom stereocenters. The zero-order chi connectivity index (χ0) is 36.0. The number of ketones is 3. The number of phenols is 2. The lowest BCUT2D eigenvalue weighted by molar-refractivity contribution is -0.256. The number of hydrogen-bond acceptors (Lipinski definition) is 13. The molecule has 8 atom stereocenters. The van der Waals surface area contributed by atoms with Crippen LogP contribution in [0.15, 0.2) is 18.2 Å². The third-order valence-corrected chi connectivity index (χ3v) is 10.2. The van der Waals surface area contributed by atoms with Gasteiger partial charge in [-0.05, 0) is 19.9 Å². The Bertz CT molecular complexity index is 1820. The number of hydrogen-bond donors (Lipinski definition) is 4. The number of methoxy groups -OCH3 is 1. The number of nitrogens with zero attached hydrogens (tertiary/aromatic N) is 1. The summed E-state index contributed by atoms with van der Waals surface area (Å²) in [6, 6.07) is 3.00. The summed E-state index contributed by atoms with van der Waals surface area (Å²) in [6.45, 7) is 3.79. The van der Waals surface area contributed by atoms with E-state index in [4.69, 9.17) is 23.7 Å². The Kier molecular flexibility index (Phi) is 8.33. The van der Waals surface area contributed by atoms with Crippen LogP contribution in [0.1, 0.15) is 75.8 Å². The highest BCUT2D eigenvalue weighted by atomic mass is 19.4. The minimum absolute atomic E-state index is 0.210. The smallest absolute Gasteiger partial charge is 0.471 e. The highest BCUT2D eigenvalue weighted by Crippen LogP contribution is 2.53. The van der Waals surface area contributed by atoms with Crippen LogP contribution in [0, 0.1) is 0 Å². The second kappa shape index (κ2) is 12.1. The van der Waals surface area contributed by atoms with E-state index in [-0.39, 0.29) is 23.6 Å². The first-order valence-corrected chi connectivity index (χ1v) is 15.9. The van der Waals surface area contributed by atoms with Crippen LogP contribution in [0.25, 0.3) is 0 Å². The number of alkyl halides is 3. The summed E-state index contributed by atoms with van der Waals surface area (Å²) in [6.07, 6.45) is -10.6. The minimum atomic E-state index is -5.32. The van der Waals surface area contributed by atoms with Crippen molar-refractivity contribution in [2.45, 2.75) is 88.0 Å². The molecule has 268 valence electrons. The number of carbonyl (C=O) groups is 4. The minimum Gasteiger partial charge on any atom is -0.507 e. The second-order valence-electron chi connectivity index (χ2n) is 13.0. The molecular formula is C33H33F3N2O12. The number of fused-ring (bicyclic) bond motifs is 6. The number of aromatic hydroxyl groups is 2. The molecule has 0 spiro atoms. The molecule has 17 heteroatoms. The van der Waals surface area contributed by atoms with E-state index < -0.39 is 124 Å². The molecule has 3 saturated heterocycles. The normalized spacial score (nSPS) is 32.0. The predicted molar refractivity (Wildman–Crippen MR) is 160 cm³/mol.